The van der Waals surface area contributed by atoms with E-state index in [-0.39, 0.29) is 63.0 Å². The van der Waals surface area contributed by atoms with Gasteiger partial charge in [-0.05, 0) is 107 Å². The van der Waals surface area contributed by atoms with Crippen molar-refractivity contribution in [3.63, 3.8) is 0 Å². The fourth-order valence-corrected chi connectivity index (χ4v) is 13.0. The Morgan fingerprint density at radius 2 is 1.03 bits per heavy atom. The topological polar surface area (TPSA) is 329 Å². The van der Waals surface area contributed by atoms with Crippen molar-refractivity contribution in [2.24, 2.45) is 23.7 Å². The highest BCUT2D eigenvalue weighted by atomic mass is 16.5. The highest BCUT2D eigenvalue weighted by Gasteiger charge is 2.45. The maximum Gasteiger partial charge on any atom is 0.248 e. The standard InChI is InChI=1S/C76H122N12O15/c1-20-35-88-44-63(91)82(15)58(39-48(5)6)67(93)78-56(72(98)87-36-29-24-30-37-87)43-62(90)81(14)51(10)66(92)77-55(38-47(3)4)70(96)84(17)60(40-49(7)8)73(99)83(16)59(41-53-31-25-22-26-32-53)68(94)79-57(45-103-46-76(12,13)102)71(97)85(18)61(42-54-33-27-23-28-34-54)74(100)86(19)65(50(9)21-2)69(95)80-64(52(11)89)75(88)101/h22-23,25-28,31-34,47-52,55-61,64-65,89,102H,20-21,24,29-30,35-46H2,1-19H3,(H,77,92)(H,78,93)(H,79,94)(H,80,95)/t50-,51-,52+,55-,56-,57-,58-,59-,60-,61-,64-,65-/m0/s1. The number of benzene rings is 2. The van der Waals surface area contributed by atoms with Crippen LogP contribution in [0, 0.1) is 23.7 Å². The fraction of sp³-hybridized carbons (Fsp3) is 0.684. The van der Waals surface area contributed by atoms with Gasteiger partial charge in [0.25, 0.3) is 0 Å². The van der Waals surface area contributed by atoms with Gasteiger partial charge in [-0.15, -0.1) is 0 Å². The SMILES string of the molecule is CCCN1CC(=O)N(C)[C@@H](CC(C)C)C(=O)N[C@H](C(=O)N2CCCCC2)CC(=O)N(C)[C@@H](C)C(=O)N[C@@H](CC(C)C)C(=O)N(C)[C@@H](CC(C)C)C(=O)N(C)[C@@H](Cc2ccccc2)C(=O)N[C@@H](COCC(C)(C)O)C(=O)N(C)[C@@H](Cc2ccccc2)C(=O)N(C)[C@@H]([C@@H](C)CC)C(=O)N[C@@H]([C@@H](C)O)C1=O. The number of hydrogen-bond donors (Lipinski definition) is 6. The van der Waals surface area contributed by atoms with Crippen molar-refractivity contribution in [1.82, 2.24) is 60.5 Å². The average molecular weight is 1440 g/mol. The second-order valence-electron chi connectivity index (χ2n) is 30.2. The Balaban J connectivity index is 2.02. The lowest BCUT2D eigenvalue weighted by Gasteiger charge is -2.39. The Kier molecular flexibility index (Phi) is 34.7. The molecule has 4 rings (SSSR count). The molecule has 0 unspecified atom stereocenters. The molecule has 12 atom stereocenters. The fourth-order valence-electron chi connectivity index (χ4n) is 13.0. The van der Waals surface area contributed by atoms with Gasteiger partial charge in [0.05, 0.1) is 37.9 Å². The van der Waals surface area contributed by atoms with E-state index >= 15 is 28.8 Å². The maximum atomic E-state index is 15.6. The number of ether oxygens (including phenoxy) is 1. The highest BCUT2D eigenvalue weighted by molar-refractivity contribution is 6.00. The molecule has 103 heavy (non-hydrogen) atoms. The molecular weight excluding hydrogens is 1320 g/mol. The average Bonchev–Trinajstić information content (AvgIpc) is 0.812. The van der Waals surface area contributed by atoms with E-state index in [0.717, 1.165) is 26.0 Å². The van der Waals surface area contributed by atoms with Crippen LogP contribution in [0.4, 0.5) is 0 Å². The van der Waals surface area contributed by atoms with Gasteiger partial charge in [0.1, 0.15) is 60.4 Å². The molecule has 0 saturated carbocycles. The van der Waals surface area contributed by atoms with E-state index in [0.29, 0.717) is 49.9 Å². The van der Waals surface area contributed by atoms with Crippen LogP contribution < -0.4 is 21.3 Å². The number of aliphatic hydroxyl groups excluding tert-OH is 1. The molecule has 576 valence electrons. The van der Waals surface area contributed by atoms with Crippen LogP contribution in [-0.2, 0) is 75.1 Å². The van der Waals surface area contributed by atoms with E-state index in [1.165, 1.54) is 84.7 Å². The number of hydrogen-bond acceptors (Lipinski definition) is 15. The van der Waals surface area contributed by atoms with Crippen molar-refractivity contribution in [3.8, 4) is 0 Å². The molecule has 27 nitrogen and oxygen atoms in total. The van der Waals surface area contributed by atoms with Crippen LogP contribution in [0.5, 0.6) is 0 Å². The number of rotatable bonds is 20. The molecule has 2 heterocycles. The number of piperidine rings is 1. The third-order valence-electron chi connectivity index (χ3n) is 19.5. The summed E-state index contributed by atoms with van der Waals surface area (Å²) in [6.45, 7) is 21.2. The van der Waals surface area contributed by atoms with Gasteiger partial charge >= 0.3 is 0 Å². The summed E-state index contributed by atoms with van der Waals surface area (Å²) < 4.78 is 6.00. The molecule has 2 aliphatic heterocycles. The van der Waals surface area contributed by atoms with E-state index in [2.05, 4.69) is 21.3 Å². The number of nitrogens with one attached hydrogen (secondary N) is 4. The van der Waals surface area contributed by atoms with Crippen molar-refractivity contribution >= 4 is 70.9 Å². The third-order valence-corrected chi connectivity index (χ3v) is 19.5. The summed E-state index contributed by atoms with van der Waals surface area (Å²) in [5.74, 6) is -10.3. The molecule has 2 aliphatic rings. The normalized spacial score (nSPS) is 25.1. The number of likely N-dealkylation sites (tertiary alicyclic amines) is 1. The van der Waals surface area contributed by atoms with Crippen LogP contribution in [0.25, 0.3) is 0 Å². The lowest BCUT2D eigenvalue weighted by Crippen LogP contribution is -2.63. The molecule has 27 heteroatoms. The Hall–Kier alpha value is -8.04. The largest absolute Gasteiger partial charge is 0.391 e. The van der Waals surface area contributed by atoms with Crippen molar-refractivity contribution in [2.45, 2.75) is 233 Å². The Morgan fingerprint density at radius 1 is 0.544 bits per heavy atom. The summed E-state index contributed by atoms with van der Waals surface area (Å²) in [7, 11) is 8.36. The Bertz CT molecular complexity index is 3160. The molecule has 0 aromatic heterocycles. The van der Waals surface area contributed by atoms with Crippen molar-refractivity contribution in [2.75, 3.05) is 81.7 Å². The summed E-state index contributed by atoms with van der Waals surface area (Å²) in [4.78, 5) is 191. The van der Waals surface area contributed by atoms with Gasteiger partial charge in [0.2, 0.25) is 70.9 Å². The van der Waals surface area contributed by atoms with E-state index in [1.54, 1.807) is 86.3 Å². The van der Waals surface area contributed by atoms with Crippen LogP contribution in [0.1, 0.15) is 159 Å². The summed E-state index contributed by atoms with van der Waals surface area (Å²) >= 11 is 0. The maximum absolute atomic E-state index is 15.6. The van der Waals surface area contributed by atoms with Crippen molar-refractivity contribution < 1.29 is 72.5 Å². The summed E-state index contributed by atoms with van der Waals surface area (Å²) in [6, 6.07) is 3.57. The summed E-state index contributed by atoms with van der Waals surface area (Å²) in [6.07, 6.45) is 0.624. The zero-order valence-electron chi connectivity index (χ0n) is 64.7. The highest BCUT2D eigenvalue weighted by Crippen LogP contribution is 2.24. The predicted octanol–water partition coefficient (Wildman–Crippen LogP) is 3.40. The van der Waals surface area contributed by atoms with E-state index in [4.69, 9.17) is 4.74 Å². The van der Waals surface area contributed by atoms with Crippen molar-refractivity contribution in [1.29, 1.82) is 0 Å². The molecule has 2 aromatic carbocycles. The zero-order valence-corrected chi connectivity index (χ0v) is 64.7. The second-order valence-corrected chi connectivity index (χ2v) is 30.2. The molecule has 2 aromatic rings. The molecule has 0 spiro atoms. The number of carbonyl (C=O) groups excluding carboxylic acids is 12. The van der Waals surface area contributed by atoms with E-state index in [9.17, 15) is 39.0 Å². The van der Waals surface area contributed by atoms with Crippen molar-refractivity contribution in [3.05, 3.63) is 71.8 Å². The lowest BCUT2D eigenvalue weighted by molar-refractivity contribution is -0.152. The molecule has 6 N–H and O–H groups in total. The third kappa shape index (κ3) is 25.7. The van der Waals surface area contributed by atoms with Crippen LogP contribution in [-0.4, -0.2) is 274 Å². The Morgan fingerprint density at radius 3 is 1.54 bits per heavy atom. The molecular formula is C76H122N12O15. The van der Waals surface area contributed by atoms with Gasteiger partial charge in [0, 0.05) is 74.8 Å². The lowest BCUT2D eigenvalue weighted by atomic mass is 9.94. The first-order valence-corrected chi connectivity index (χ1v) is 36.7. The van der Waals surface area contributed by atoms with Gasteiger partial charge in [-0.1, -0.05) is 129 Å². The molecule has 0 bridgehead atoms. The minimum atomic E-state index is -1.69. The molecule has 2 fully saturated rings. The first kappa shape index (κ1) is 87.4. The van der Waals surface area contributed by atoms with Crippen LogP contribution in [0.15, 0.2) is 60.7 Å². The number of nitrogens with zero attached hydrogens (tertiary/aromatic N) is 8. The first-order valence-electron chi connectivity index (χ1n) is 36.7. The number of likely N-dealkylation sites (N-methyl/N-ethyl adjacent to an activating group) is 6. The van der Waals surface area contributed by atoms with Gasteiger partial charge in [-0.2, -0.15) is 0 Å². The molecule has 12 amide bonds. The number of carbonyl (C=O) groups is 12. The van der Waals surface area contributed by atoms with Crippen LogP contribution >= 0.6 is 0 Å². The van der Waals surface area contributed by atoms with Crippen LogP contribution in [0.3, 0.4) is 0 Å². The second kappa shape index (κ2) is 40.9. The van der Waals surface area contributed by atoms with E-state index < -0.39 is 168 Å². The van der Waals surface area contributed by atoms with E-state index in [1.807, 2.05) is 41.5 Å². The minimum absolute atomic E-state index is 0.0526. The van der Waals surface area contributed by atoms with Gasteiger partial charge < -0.3 is 75.4 Å². The minimum Gasteiger partial charge on any atom is -0.391 e. The number of amides is 12. The monoisotopic (exact) mass is 1440 g/mol. The molecule has 0 radical (unpaired) electrons. The number of aliphatic hydroxyl groups is 2. The Labute approximate surface area is 611 Å². The van der Waals surface area contributed by atoms with Gasteiger partial charge in [0.15, 0.2) is 0 Å². The molecule has 0 aliphatic carbocycles. The smallest absolute Gasteiger partial charge is 0.248 e. The first-order chi connectivity index (χ1) is 48.3. The quantitative estimate of drug-likeness (QED) is 0.111. The predicted molar refractivity (Wildman–Crippen MR) is 392 cm³/mol. The zero-order chi connectivity index (χ0) is 77.5. The summed E-state index contributed by atoms with van der Waals surface area (Å²) in [5, 5.41) is 33.5. The molecule has 2 saturated heterocycles. The van der Waals surface area contributed by atoms with Gasteiger partial charge in [-0.25, -0.2) is 0 Å². The van der Waals surface area contributed by atoms with Crippen LogP contribution in [0.2, 0.25) is 0 Å². The summed E-state index contributed by atoms with van der Waals surface area (Å²) in [5.41, 5.74) is -0.208. The van der Waals surface area contributed by atoms with Gasteiger partial charge in [-0.3, -0.25) is 57.5 Å².